The third-order valence-electron chi connectivity index (χ3n) is 5.21. The van der Waals surface area contributed by atoms with Crippen molar-refractivity contribution in [3.05, 3.63) is 98.6 Å². The van der Waals surface area contributed by atoms with E-state index in [1.54, 1.807) is 42.9 Å². The zero-order valence-electron chi connectivity index (χ0n) is 17.2. The SMILES string of the molecule is Cc1cccc(NC(=O)Cn2cccc3c(=O)n(Cc4cccnc4)c(=O)nc2-3)c1C. The number of amides is 1. The molecule has 1 amide bonds. The van der Waals surface area contributed by atoms with Gasteiger partial charge >= 0.3 is 5.69 Å². The van der Waals surface area contributed by atoms with E-state index in [1.165, 1.54) is 4.57 Å². The number of carbonyl (C=O) groups is 1. The number of nitrogens with zero attached hydrogens (tertiary/aromatic N) is 4. The summed E-state index contributed by atoms with van der Waals surface area (Å²) in [6.45, 7) is 3.91. The monoisotopic (exact) mass is 415 g/mol. The largest absolute Gasteiger partial charge is 0.352 e. The van der Waals surface area contributed by atoms with Crippen molar-refractivity contribution in [1.29, 1.82) is 0 Å². The first kappa shape index (κ1) is 20.2. The molecule has 4 rings (SSSR count). The van der Waals surface area contributed by atoms with Gasteiger partial charge in [-0.2, -0.15) is 4.98 Å². The number of hydrogen-bond acceptors (Lipinski definition) is 5. The summed E-state index contributed by atoms with van der Waals surface area (Å²) in [5.74, 6) is -0.101. The highest BCUT2D eigenvalue weighted by atomic mass is 16.2. The first-order valence-corrected chi connectivity index (χ1v) is 9.79. The molecule has 1 N–H and O–H groups in total. The number of benzene rings is 1. The van der Waals surface area contributed by atoms with Crippen LogP contribution in [0.3, 0.4) is 0 Å². The molecule has 8 heteroatoms. The number of pyridine rings is 2. The Morgan fingerprint density at radius 3 is 2.68 bits per heavy atom. The minimum Gasteiger partial charge on any atom is -0.324 e. The Morgan fingerprint density at radius 1 is 1.06 bits per heavy atom. The Hall–Kier alpha value is -4.07. The lowest BCUT2D eigenvalue weighted by atomic mass is 10.1. The summed E-state index contributed by atoms with van der Waals surface area (Å²) in [6, 6.07) is 12.5. The Balaban J connectivity index is 1.65. The molecule has 0 atom stereocenters. The second kappa shape index (κ2) is 8.35. The van der Waals surface area contributed by atoms with E-state index in [2.05, 4.69) is 15.3 Å². The second-order valence-corrected chi connectivity index (χ2v) is 7.32. The summed E-state index contributed by atoms with van der Waals surface area (Å²) in [5.41, 5.74) is 2.64. The van der Waals surface area contributed by atoms with E-state index in [4.69, 9.17) is 0 Å². The lowest BCUT2D eigenvalue weighted by Gasteiger charge is -2.16. The van der Waals surface area contributed by atoms with Gasteiger partial charge in [0.1, 0.15) is 6.54 Å². The fraction of sp³-hybridized carbons (Fsp3) is 0.174. The lowest BCUT2D eigenvalue weighted by Crippen LogP contribution is -2.38. The van der Waals surface area contributed by atoms with Crippen LogP contribution >= 0.6 is 0 Å². The molecule has 2 aromatic rings. The van der Waals surface area contributed by atoms with Crippen LogP contribution in [-0.4, -0.2) is 25.0 Å². The molecule has 0 radical (unpaired) electrons. The van der Waals surface area contributed by atoms with E-state index in [0.29, 0.717) is 0 Å². The number of hydrogen-bond donors (Lipinski definition) is 1. The number of aryl methyl sites for hydroxylation is 1. The minimum absolute atomic E-state index is 0.0798. The van der Waals surface area contributed by atoms with Gasteiger partial charge in [-0.3, -0.25) is 19.1 Å². The molecule has 3 heterocycles. The molecule has 1 aromatic heterocycles. The van der Waals surface area contributed by atoms with E-state index >= 15 is 0 Å². The van der Waals surface area contributed by atoms with Crippen molar-refractivity contribution < 1.29 is 4.79 Å². The van der Waals surface area contributed by atoms with Gasteiger partial charge in [-0.05, 0) is 54.8 Å². The number of nitrogens with one attached hydrogen (secondary N) is 1. The molecule has 0 aliphatic carbocycles. The van der Waals surface area contributed by atoms with Crippen LogP contribution in [0, 0.1) is 13.8 Å². The van der Waals surface area contributed by atoms with Crippen molar-refractivity contribution in [2.45, 2.75) is 26.9 Å². The van der Waals surface area contributed by atoms with Gasteiger partial charge in [0.25, 0.3) is 5.56 Å². The summed E-state index contributed by atoms with van der Waals surface area (Å²) in [5, 5.41) is 2.88. The quantitative estimate of drug-likeness (QED) is 0.539. The third kappa shape index (κ3) is 4.13. The predicted octanol–water partition coefficient (Wildman–Crippen LogP) is 2.21. The topological polar surface area (TPSA) is 98.9 Å². The van der Waals surface area contributed by atoms with Crippen LogP contribution in [0.1, 0.15) is 16.7 Å². The van der Waals surface area contributed by atoms with Gasteiger partial charge in [0.15, 0.2) is 5.82 Å². The van der Waals surface area contributed by atoms with Crippen molar-refractivity contribution in [1.82, 2.24) is 19.1 Å². The Bertz CT molecular complexity index is 1340. The summed E-state index contributed by atoms with van der Waals surface area (Å²) in [6.07, 6.45) is 4.84. The van der Waals surface area contributed by atoms with E-state index in [0.717, 1.165) is 26.9 Å². The first-order valence-electron chi connectivity index (χ1n) is 9.79. The van der Waals surface area contributed by atoms with Crippen molar-refractivity contribution in [3.8, 4) is 11.4 Å². The highest BCUT2D eigenvalue weighted by Gasteiger charge is 2.18. The molecule has 0 saturated carbocycles. The summed E-state index contributed by atoms with van der Waals surface area (Å²) >= 11 is 0. The summed E-state index contributed by atoms with van der Waals surface area (Å²) in [4.78, 5) is 46.3. The van der Waals surface area contributed by atoms with Crippen LogP contribution in [0.25, 0.3) is 11.4 Å². The van der Waals surface area contributed by atoms with Gasteiger partial charge in [-0.25, -0.2) is 4.79 Å². The van der Waals surface area contributed by atoms with Crippen molar-refractivity contribution in [2.75, 3.05) is 5.32 Å². The highest BCUT2D eigenvalue weighted by Crippen LogP contribution is 2.18. The molecule has 0 spiro atoms. The molecule has 1 aromatic carbocycles. The van der Waals surface area contributed by atoms with E-state index < -0.39 is 11.2 Å². The molecule has 0 bridgehead atoms. The molecule has 31 heavy (non-hydrogen) atoms. The molecular formula is C23H21N5O3. The van der Waals surface area contributed by atoms with E-state index in [9.17, 15) is 14.4 Å². The Morgan fingerprint density at radius 2 is 1.90 bits per heavy atom. The highest BCUT2D eigenvalue weighted by molar-refractivity contribution is 5.91. The molecular weight excluding hydrogens is 394 g/mol. The maximum Gasteiger partial charge on any atom is 0.352 e. The van der Waals surface area contributed by atoms with Crippen LogP contribution in [0.5, 0.6) is 0 Å². The fourth-order valence-electron chi connectivity index (χ4n) is 3.39. The smallest absolute Gasteiger partial charge is 0.324 e. The molecule has 156 valence electrons. The molecule has 0 saturated heterocycles. The van der Waals surface area contributed by atoms with Gasteiger partial charge in [-0.1, -0.05) is 18.2 Å². The number of anilines is 1. The Kier molecular flexibility index (Phi) is 5.44. The number of carbonyl (C=O) groups excluding carboxylic acids is 1. The van der Waals surface area contributed by atoms with Gasteiger partial charge < -0.3 is 9.88 Å². The van der Waals surface area contributed by atoms with Gasteiger partial charge in [0.2, 0.25) is 5.91 Å². The number of rotatable bonds is 5. The molecule has 8 nitrogen and oxygen atoms in total. The van der Waals surface area contributed by atoms with Crippen LogP contribution in [0.4, 0.5) is 5.69 Å². The van der Waals surface area contributed by atoms with Gasteiger partial charge in [0.05, 0.1) is 12.1 Å². The van der Waals surface area contributed by atoms with Crippen LogP contribution in [0.15, 0.2) is 70.6 Å². The van der Waals surface area contributed by atoms with Crippen LogP contribution in [0.2, 0.25) is 0 Å². The van der Waals surface area contributed by atoms with Gasteiger partial charge in [0, 0.05) is 24.3 Å². The van der Waals surface area contributed by atoms with Gasteiger partial charge in [-0.15, -0.1) is 0 Å². The van der Waals surface area contributed by atoms with Crippen molar-refractivity contribution in [3.63, 3.8) is 0 Å². The number of fused-ring (bicyclic) bond motifs is 1. The molecule has 2 aliphatic heterocycles. The maximum absolute atomic E-state index is 13.0. The standard InChI is InChI=1S/C23H21N5O3/c1-15-6-3-9-19(16(15)2)25-20(29)14-27-11-5-8-18-21(27)26-23(31)28(22(18)30)13-17-7-4-10-24-12-17/h3-12H,13-14H2,1-2H3,(H,25,29). The van der Waals surface area contributed by atoms with Crippen LogP contribution < -0.4 is 16.6 Å². The second-order valence-electron chi connectivity index (χ2n) is 7.32. The lowest BCUT2D eigenvalue weighted by molar-refractivity contribution is -0.116. The normalized spacial score (nSPS) is 10.9. The van der Waals surface area contributed by atoms with Crippen LogP contribution in [-0.2, 0) is 17.9 Å². The van der Waals surface area contributed by atoms with Crippen molar-refractivity contribution in [2.24, 2.45) is 0 Å². The minimum atomic E-state index is -0.670. The first-order chi connectivity index (χ1) is 14.9. The number of aromatic nitrogens is 4. The summed E-state index contributed by atoms with van der Waals surface area (Å²) in [7, 11) is 0. The van der Waals surface area contributed by atoms with Crippen molar-refractivity contribution >= 4 is 11.6 Å². The zero-order chi connectivity index (χ0) is 22.0. The third-order valence-corrected chi connectivity index (χ3v) is 5.21. The van der Waals surface area contributed by atoms with E-state index in [1.807, 2.05) is 32.0 Å². The fourth-order valence-corrected chi connectivity index (χ4v) is 3.39. The molecule has 0 fully saturated rings. The summed E-state index contributed by atoms with van der Waals surface area (Å²) < 4.78 is 2.58. The van der Waals surface area contributed by atoms with E-state index in [-0.39, 0.29) is 30.4 Å². The molecule has 0 unspecified atom stereocenters. The average molecular weight is 415 g/mol. The molecule has 2 aliphatic rings. The predicted molar refractivity (Wildman–Crippen MR) is 117 cm³/mol. The zero-order valence-corrected chi connectivity index (χ0v) is 17.2. The maximum atomic E-state index is 13.0. The average Bonchev–Trinajstić information content (AvgIpc) is 2.76. The Labute approximate surface area is 178 Å².